The molecule has 4 heteroatoms. The van der Waals surface area contributed by atoms with E-state index >= 15 is 0 Å². The molecule has 0 bridgehead atoms. The molecule has 0 amide bonds. The third-order valence-corrected chi connectivity index (χ3v) is 3.39. The number of aryl methyl sites for hydroxylation is 2. The number of nitrogens with two attached hydrogens (primary N) is 1. The van der Waals surface area contributed by atoms with Crippen molar-refractivity contribution in [2.75, 3.05) is 20.0 Å². The van der Waals surface area contributed by atoms with E-state index in [1.54, 1.807) is 32.4 Å². The van der Waals surface area contributed by atoms with Crippen molar-refractivity contribution in [3.8, 4) is 11.5 Å². The minimum atomic E-state index is -0.149. The van der Waals surface area contributed by atoms with Gasteiger partial charge in [0, 0.05) is 17.3 Å². The summed E-state index contributed by atoms with van der Waals surface area (Å²) >= 11 is 0. The Bertz CT molecular complexity index is 693. The SMILES string of the molecule is COc1ccc(C(=O)c2c(C)cc(C)cc2OC)c(N)c1. The molecule has 0 fully saturated rings. The second-order valence-corrected chi connectivity index (χ2v) is 4.94. The van der Waals surface area contributed by atoms with Gasteiger partial charge in [0.1, 0.15) is 11.5 Å². The van der Waals surface area contributed by atoms with E-state index in [0.29, 0.717) is 28.3 Å². The van der Waals surface area contributed by atoms with Gasteiger partial charge in [-0.05, 0) is 43.2 Å². The largest absolute Gasteiger partial charge is 0.497 e. The molecule has 0 saturated heterocycles. The smallest absolute Gasteiger partial charge is 0.199 e. The zero-order valence-electron chi connectivity index (χ0n) is 12.7. The summed E-state index contributed by atoms with van der Waals surface area (Å²) in [6, 6.07) is 8.84. The van der Waals surface area contributed by atoms with Crippen LogP contribution in [0, 0.1) is 13.8 Å². The second-order valence-electron chi connectivity index (χ2n) is 4.94. The zero-order valence-corrected chi connectivity index (χ0v) is 12.7. The average molecular weight is 285 g/mol. The highest BCUT2D eigenvalue weighted by molar-refractivity contribution is 6.14. The number of ether oxygens (including phenoxy) is 2. The Kier molecular flexibility index (Phi) is 4.17. The van der Waals surface area contributed by atoms with E-state index in [9.17, 15) is 4.79 Å². The quantitative estimate of drug-likeness (QED) is 0.692. The molecule has 0 aliphatic heterocycles. The molecule has 2 rings (SSSR count). The maximum atomic E-state index is 12.8. The molecule has 0 spiro atoms. The number of methoxy groups -OCH3 is 2. The van der Waals surface area contributed by atoms with Gasteiger partial charge in [-0.25, -0.2) is 0 Å². The molecule has 0 saturated carbocycles. The van der Waals surface area contributed by atoms with E-state index in [2.05, 4.69) is 0 Å². The highest BCUT2D eigenvalue weighted by atomic mass is 16.5. The predicted octanol–water partition coefficient (Wildman–Crippen LogP) is 3.13. The lowest BCUT2D eigenvalue weighted by molar-refractivity contribution is 0.103. The fraction of sp³-hybridized carbons (Fsp3) is 0.235. The molecule has 0 aliphatic rings. The second kappa shape index (κ2) is 5.87. The van der Waals surface area contributed by atoms with Crippen LogP contribution in [0.1, 0.15) is 27.0 Å². The highest BCUT2D eigenvalue weighted by Gasteiger charge is 2.20. The number of hydrogen-bond acceptors (Lipinski definition) is 4. The summed E-state index contributed by atoms with van der Waals surface area (Å²) in [5.41, 5.74) is 9.25. The predicted molar refractivity (Wildman–Crippen MR) is 83.3 cm³/mol. The third-order valence-electron chi connectivity index (χ3n) is 3.39. The van der Waals surface area contributed by atoms with E-state index in [1.807, 2.05) is 26.0 Å². The van der Waals surface area contributed by atoms with Gasteiger partial charge in [-0.3, -0.25) is 4.79 Å². The van der Waals surface area contributed by atoms with Crippen molar-refractivity contribution in [3.63, 3.8) is 0 Å². The topological polar surface area (TPSA) is 61.5 Å². The first-order valence-electron chi connectivity index (χ1n) is 6.61. The number of carbonyl (C=O) groups excluding carboxylic acids is 1. The molecule has 2 aromatic carbocycles. The van der Waals surface area contributed by atoms with Crippen LogP contribution in [0.4, 0.5) is 5.69 Å². The van der Waals surface area contributed by atoms with Crippen LogP contribution < -0.4 is 15.2 Å². The molecule has 2 N–H and O–H groups in total. The fourth-order valence-electron chi connectivity index (χ4n) is 2.39. The minimum Gasteiger partial charge on any atom is -0.497 e. The van der Waals surface area contributed by atoms with Gasteiger partial charge in [0.2, 0.25) is 0 Å². The van der Waals surface area contributed by atoms with Crippen molar-refractivity contribution in [1.29, 1.82) is 0 Å². The Morgan fingerprint density at radius 3 is 2.33 bits per heavy atom. The highest BCUT2D eigenvalue weighted by Crippen LogP contribution is 2.29. The third kappa shape index (κ3) is 2.84. The summed E-state index contributed by atoms with van der Waals surface area (Å²) in [7, 11) is 3.12. The Hall–Kier alpha value is -2.49. The van der Waals surface area contributed by atoms with Crippen LogP contribution in [0.25, 0.3) is 0 Å². The van der Waals surface area contributed by atoms with Gasteiger partial charge in [-0.1, -0.05) is 6.07 Å². The molecule has 2 aromatic rings. The van der Waals surface area contributed by atoms with Crippen LogP contribution in [-0.4, -0.2) is 20.0 Å². The van der Waals surface area contributed by atoms with Crippen LogP contribution >= 0.6 is 0 Å². The lowest BCUT2D eigenvalue weighted by Gasteiger charge is -2.13. The Morgan fingerprint density at radius 1 is 1.05 bits per heavy atom. The van der Waals surface area contributed by atoms with Crippen LogP contribution in [-0.2, 0) is 0 Å². The molecule has 0 aromatic heterocycles. The first kappa shape index (κ1) is 14.9. The van der Waals surface area contributed by atoms with Crippen LogP contribution in [0.3, 0.4) is 0 Å². The maximum absolute atomic E-state index is 12.8. The number of benzene rings is 2. The Balaban J connectivity index is 2.55. The van der Waals surface area contributed by atoms with Crippen molar-refractivity contribution in [2.45, 2.75) is 13.8 Å². The number of nitrogen functional groups attached to an aromatic ring is 1. The molecular formula is C17H19NO3. The van der Waals surface area contributed by atoms with E-state index in [0.717, 1.165) is 11.1 Å². The van der Waals surface area contributed by atoms with Crippen molar-refractivity contribution < 1.29 is 14.3 Å². The van der Waals surface area contributed by atoms with Gasteiger partial charge >= 0.3 is 0 Å². The van der Waals surface area contributed by atoms with Gasteiger partial charge in [0.05, 0.1) is 19.8 Å². The van der Waals surface area contributed by atoms with E-state index < -0.39 is 0 Å². The van der Waals surface area contributed by atoms with Crippen molar-refractivity contribution >= 4 is 11.5 Å². The van der Waals surface area contributed by atoms with Crippen LogP contribution in [0.2, 0.25) is 0 Å². The Labute approximate surface area is 124 Å². The van der Waals surface area contributed by atoms with Crippen molar-refractivity contribution in [1.82, 2.24) is 0 Å². The molecule has 0 heterocycles. The molecule has 21 heavy (non-hydrogen) atoms. The normalized spacial score (nSPS) is 10.3. The molecule has 0 radical (unpaired) electrons. The minimum absolute atomic E-state index is 0.149. The summed E-state index contributed by atoms with van der Waals surface area (Å²) in [6.07, 6.45) is 0. The molecular weight excluding hydrogens is 266 g/mol. The lowest BCUT2D eigenvalue weighted by atomic mass is 9.95. The molecule has 0 atom stereocenters. The fourth-order valence-corrected chi connectivity index (χ4v) is 2.39. The maximum Gasteiger partial charge on any atom is 0.199 e. The number of rotatable bonds is 4. The van der Waals surface area contributed by atoms with Gasteiger partial charge < -0.3 is 15.2 Å². The van der Waals surface area contributed by atoms with E-state index in [-0.39, 0.29) is 5.78 Å². The van der Waals surface area contributed by atoms with E-state index in [1.165, 1.54) is 0 Å². The van der Waals surface area contributed by atoms with E-state index in [4.69, 9.17) is 15.2 Å². The number of carbonyl (C=O) groups is 1. The summed E-state index contributed by atoms with van der Waals surface area (Å²) < 4.78 is 10.5. The molecule has 4 nitrogen and oxygen atoms in total. The van der Waals surface area contributed by atoms with Crippen molar-refractivity contribution in [2.24, 2.45) is 0 Å². The number of hydrogen-bond donors (Lipinski definition) is 1. The number of ketones is 1. The first-order chi connectivity index (χ1) is 9.97. The average Bonchev–Trinajstić information content (AvgIpc) is 2.45. The van der Waals surface area contributed by atoms with Crippen molar-refractivity contribution in [3.05, 3.63) is 52.6 Å². The molecule has 110 valence electrons. The first-order valence-corrected chi connectivity index (χ1v) is 6.61. The monoisotopic (exact) mass is 285 g/mol. The number of anilines is 1. The van der Waals surface area contributed by atoms with Gasteiger partial charge in [-0.2, -0.15) is 0 Å². The zero-order chi connectivity index (χ0) is 15.6. The summed E-state index contributed by atoms with van der Waals surface area (Å²) in [4.78, 5) is 12.8. The summed E-state index contributed by atoms with van der Waals surface area (Å²) in [5, 5.41) is 0. The summed E-state index contributed by atoms with van der Waals surface area (Å²) in [6.45, 7) is 3.86. The van der Waals surface area contributed by atoms with Gasteiger partial charge in [0.25, 0.3) is 0 Å². The lowest BCUT2D eigenvalue weighted by Crippen LogP contribution is -2.09. The molecule has 0 unspecified atom stereocenters. The van der Waals surface area contributed by atoms with Crippen LogP contribution in [0.15, 0.2) is 30.3 Å². The Morgan fingerprint density at radius 2 is 1.76 bits per heavy atom. The molecule has 0 aliphatic carbocycles. The van der Waals surface area contributed by atoms with Gasteiger partial charge in [0.15, 0.2) is 5.78 Å². The van der Waals surface area contributed by atoms with Crippen LogP contribution in [0.5, 0.6) is 11.5 Å². The van der Waals surface area contributed by atoms with Gasteiger partial charge in [-0.15, -0.1) is 0 Å². The standard InChI is InChI=1S/C17H19NO3/c1-10-7-11(2)16(15(8-10)21-4)17(19)13-6-5-12(20-3)9-14(13)18/h5-9H,18H2,1-4H3. The summed E-state index contributed by atoms with van der Waals surface area (Å²) in [5.74, 6) is 1.04.